The molecule has 1 N–H and O–H groups in total. The van der Waals surface area contributed by atoms with Gasteiger partial charge in [0.2, 0.25) is 11.8 Å². The van der Waals surface area contributed by atoms with Gasteiger partial charge < -0.3 is 15.1 Å². The first-order chi connectivity index (χ1) is 13.4. The highest BCUT2D eigenvalue weighted by atomic mass is 16.2. The van der Waals surface area contributed by atoms with Crippen molar-refractivity contribution >= 4 is 29.1 Å². The standard InChI is InChI=1S/C21H30N4O3/c1-4-5-11-22-19(26)14-25-18-13-15(20(27)23(2)3)9-10-16(18)24-12-7-6-8-17(24)21(25)28/h9-10,13,17H,4-8,11-12,14H2,1-3H3,(H,22,26)/t17-/m0/s1. The molecule has 1 atom stereocenters. The number of fused-ring (bicyclic) bond motifs is 3. The molecule has 3 amide bonds. The third kappa shape index (κ3) is 3.98. The van der Waals surface area contributed by atoms with Crippen molar-refractivity contribution in [2.45, 2.75) is 45.1 Å². The van der Waals surface area contributed by atoms with Crippen LogP contribution in [0.2, 0.25) is 0 Å². The summed E-state index contributed by atoms with van der Waals surface area (Å²) in [6, 6.07) is 5.25. The number of carbonyl (C=O) groups excluding carboxylic acids is 3. The van der Waals surface area contributed by atoms with Gasteiger partial charge in [0.25, 0.3) is 5.91 Å². The molecule has 0 bridgehead atoms. The first-order valence-corrected chi connectivity index (χ1v) is 10.1. The fourth-order valence-corrected chi connectivity index (χ4v) is 3.92. The molecule has 0 spiro atoms. The summed E-state index contributed by atoms with van der Waals surface area (Å²) in [5.41, 5.74) is 2.10. The Kier molecular flexibility index (Phi) is 6.21. The minimum Gasteiger partial charge on any atom is -0.358 e. The molecule has 3 rings (SSSR count). The Morgan fingerprint density at radius 3 is 2.71 bits per heavy atom. The number of benzene rings is 1. The lowest BCUT2D eigenvalue weighted by molar-refractivity contribution is -0.125. The second-order valence-corrected chi connectivity index (χ2v) is 7.74. The van der Waals surface area contributed by atoms with Crippen LogP contribution in [0.3, 0.4) is 0 Å². The molecule has 2 heterocycles. The van der Waals surface area contributed by atoms with E-state index >= 15 is 0 Å². The Morgan fingerprint density at radius 1 is 1.21 bits per heavy atom. The number of unbranched alkanes of at least 4 members (excludes halogenated alkanes) is 1. The Labute approximate surface area is 166 Å². The van der Waals surface area contributed by atoms with E-state index in [0.29, 0.717) is 17.8 Å². The lowest BCUT2D eigenvalue weighted by atomic mass is 9.95. The van der Waals surface area contributed by atoms with Crippen LogP contribution >= 0.6 is 0 Å². The van der Waals surface area contributed by atoms with Gasteiger partial charge in [-0.3, -0.25) is 19.3 Å². The molecule has 2 aliphatic heterocycles. The van der Waals surface area contributed by atoms with Crippen LogP contribution in [0.5, 0.6) is 0 Å². The van der Waals surface area contributed by atoms with Crippen LogP contribution in [0.15, 0.2) is 18.2 Å². The second kappa shape index (κ2) is 8.63. The average Bonchev–Trinajstić information content (AvgIpc) is 2.70. The Balaban J connectivity index is 1.94. The van der Waals surface area contributed by atoms with Gasteiger partial charge in [-0.1, -0.05) is 13.3 Å². The first kappa shape index (κ1) is 20.2. The third-order valence-corrected chi connectivity index (χ3v) is 5.44. The van der Waals surface area contributed by atoms with E-state index in [0.717, 1.165) is 44.3 Å². The minimum absolute atomic E-state index is 0.0144. The maximum atomic E-state index is 13.2. The van der Waals surface area contributed by atoms with Gasteiger partial charge in [-0.25, -0.2) is 0 Å². The normalized spacial score (nSPS) is 18.4. The van der Waals surface area contributed by atoms with E-state index in [9.17, 15) is 14.4 Å². The van der Waals surface area contributed by atoms with E-state index in [4.69, 9.17) is 0 Å². The van der Waals surface area contributed by atoms with Crippen LogP contribution in [-0.2, 0) is 9.59 Å². The summed E-state index contributed by atoms with van der Waals surface area (Å²) in [7, 11) is 3.40. The highest BCUT2D eigenvalue weighted by Crippen LogP contribution is 2.40. The van der Waals surface area contributed by atoms with Crippen molar-refractivity contribution in [3.8, 4) is 0 Å². The highest BCUT2D eigenvalue weighted by molar-refractivity contribution is 6.09. The molecule has 1 aromatic rings. The van der Waals surface area contributed by atoms with Crippen molar-refractivity contribution in [3.05, 3.63) is 23.8 Å². The quantitative estimate of drug-likeness (QED) is 0.759. The zero-order valence-corrected chi connectivity index (χ0v) is 17.0. The van der Waals surface area contributed by atoms with Crippen LogP contribution in [0.25, 0.3) is 0 Å². The van der Waals surface area contributed by atoms with E-state index in [-0.39, 0.29) is 30.3 Å². The van der Waals surface area contributed by atoms with Crippen molar-refractivity contribution in [1.82, 2.24) is 10.2 Å². The molecular weight excluding hydrogens is 356 g/mol. The largest absolute Gasteiger partial charge is 0.358 e. The van der Waals surface area contributed by atoms with Crippen LogP contribution < -0.4 is 15.1 Å². The van der Waals surface area contributed by atoms with Gasteiger partial charge in [0.15, 0.2) is 0 Å². The van der Waals surface area contributed by atoms with Crippen molar-refractivity contribution in [1.29, 1.82) is 0 Å². The number of hydrogen-bond acceptors (Lipinski definition) is 4. The topological polar surface area (TPSA) is 73.0 Å². The average molecular weight is 386 g/mol. The van der Waals surface area contributed by atoms with Crippen LogP contribution in [-0.4, -0.2) is 62.4 Å². The number of nitrogens with zero attached hydrogens (tertiary/aromatic N) is 3. The third-order valence-electron chi connectivity index (χ3n) is 5.44. The number of amides is 3. The SMILES string of the molecule is CCCCNC(=O)CN1C(=O)[C@@H]2CCCCN2c2ccc(C(=O)N(C)C)cc21. The smallest absolute Gasteiger partial charge is 0.253 e. The molecule has 0 radical (unpaired) electrons. The summed E-state index contributed by atoms with van der Waals surface area (Å²) in [5.74, 6) is -0.336. The number of piperidine rings is 1. The molecule has 1 aromatic carbocycles. The molecule has 0 saturated carbocycles. The van der Waals surface area contributed by atoms with E-state index in [1.165, 1.54) is 4.90 Å². The maximum absolute atomic E-state index is 13.2. The highest BCUT2D eigenvalue weighted by Gasteiger charge is 2.40. The zero-order valence-electron chi connectivity index (χ0n) is 17.0. The fourth-order valence-electron chi connectivity index (χ4n) is 3.92. The Morgan fingerprint density at radius 2 is 2.00 bits per heavy atom. The monoisotopic (exact) mass is 386 g/mol. The number of anilines is 2. The van der Waals surface area contributed by atoms with Crippen molar-refractivity contribution in [2.75, 3.05) is 43.5 Å². The number of rotatable bonds is 6. The van der Waals surface area contributed by atoms with Gasteiger partial charge in [-0.2, -0.15) is 0 Å². The van der Waals surface area contributed by atoms with Gasteiger partial charge in [-0.05, 0) is 43.9 Å². The van der Waals surface area contributed by atoms with Gasteiger partial charge in [0.05, 0.1) is 11.4 Å². The second-order valence-electron chi connectivity index (χ2n) is 7.74. The van der Waals surface area contributed by atoms with E-state index in [1.807, 2.05) is 12.1 Å². The molecule has 7 nitrogen and oxygen atoms in total. The molecule has 0 aromatic heterocycles. The maximum Gasteiger partial charge on any atom is 0.253 e. The number of hydrogen-bond donors (Lipinski definition) is 1. The molecule has 0 aliphatic carbocycles. The van der Waals surface area contributed by atoms with Crippen molar-refractivity contribution < 1.29 is 14.4 Å². The van der Waals surface area contributed by atoms with E-state index in [2.05, 4.69) is 17.1 Å². The predicted octanol–water partition coefficient (Wildman–Crippen LogP) is 2.01. The summed E-state index contributed by atoms with van der Waals surface area (Å²) < 4.78 is 0. The molecule has 1 fully saturated rings. The number of nitrogens with one attached hydrogen (secondary N) is 1. The van der Waals surface area contributed by atoms with Crippen LogP contribution in [0, 0.1) is 0 Å². The zero-order chi connectivity index (χ0) is 20.3. The summed E-state index contributed by atoms with van der Waals surface area (Å²) in [6.45, 7) is 3.48. The van der Waals surface area contributed by atoms with Gasteiger partial charge in [-0.15, -0.1) is 0 Å². The molecule has 0 unspecified atom stereocenters. The molecule has 1 saturated heterocycles. The van der Waals surface area contributed by atoms with E-state index in [1.54, 1.807) is 25.1 Å². The Bertz CT molecular complexity index is 762. The molecule has 2 aliphatic rings. The fraction of sp³-hybridized carbons (Fsp3) is 0.571. The molecule has 7 heteroatoms. The Hall–Kier alpha value is -2.57. The van der Waals surface area contributed by atoms with Gasteiger partial charge in [0.1, 0.15) is 12.6 Å². The van der Waals surface area contributed by atoms with Gasteiger partial charge >= 0.3 is 0 Å². The number of carbonyl (C=O) groups is 3. The van der Waals surface area contributed by atoms with Gasteiger partial charge in [0, 0.05) is 32.7 Å². The van der Waals surface area contributed by atoms with E-state index < -0.39 is 0 Å². The molecular formula is C21H30N4O3. The lowest BCUT2D eigenvalue weighted by Crippen LogP contribution is -2.57. The summed E-state index contributed by atoms with van der Waals surface area (Å²) in [4.78, 5) is 43.3. The van der Waals surface area contributed by atoms with Crippen LogP contribution in [0.1, 0.15) is 49.4 Å². The first-order valence-electron chi connectivity index (χ1n) is 10.1. The molecule has 152 valence electrons. The molecule has 28 heavy (non-hydrogen) atoms. The minimum atomic E-state index is -0.222. The summed E-state index contributed by atoms with van der Waals surface area (Å²) >= 11 is 0. The lowest BCUT2D eigenvalue weighted by Gasteiger charge is -2.45. The van der Waals surface area contributed by atoms with Crippen molar-refractivity contribution in [3.63, 3.8) is 0 Å². The van der Waals surface area contributed by atoms with Crippen molar-refractivity contribution in [2.24, 2.45) is 0 Å². The summed E-state index contributed by atoms with van der Waals surface area (Å²) in [6.07, 6.45) is 4.76. The van der Waals surface area contributed by atoms with Crippen LogP contribution in [0.4, 0.5) is 11.4 Å². The summed E-state index contributed by atoms with van der Waals surface area (Å²) in [5, 5.41) is 2.89. The predicted molar refractivity (Wildman–Crippen MR) is 110 cm³/mol.